The van der Waals surface area contributed by atoms with Crippen molar-refractivity contribution in [3.05, 3.63) is 35.9 Å². The zero-order chi connectivity index (χ0) is 39.6. The number of nitrogens with zero attached hydrogens (tertiary/aromatic N) is 4. The topological polar surface area (TPSA) is 186 Å². The highest BCUT2D eigenvalue weighted by Crippen LogP contribution is 2.23. The molecule has 6 amide bonds. The molecule has 6 atom stereocenters. The van der Waals surface area contributed by atoms with E-state index in [0.29, 0.717) is 38.8 Å². The molecule has 0 aliphatic carbocycles. The second-order valence-electron chi connectivity index (χ2n) is 14.8. The quantitative estimate of drug-likeness (QED) is 0.205. The van der Waals surface area contributed by atoms with E-state index in [0.717, 1.165) is 5.56 Å². The summed E-state index contributed by atoms with van der Waals surface area (Å²) >= 11 is 0. The van der Waals surface area contributed by atoms with Crippen molar-refractivity contribution in [2.75, 3.05) is 40.8 Å². The minimum absolute atomic E-state index is 0.0224. The average Bonchev–Trinajstić information content (AvgIpc) is 3.84. The molecule has 294 valence electrons. The van der Waals surface area contributed by atoms with E-state index < -0.39 is 84.3 Å². The smallest absolute Gasteiger partial charge is 0.328 e. The van der Waals surface area contributed by atoms with Gasteiger partial charge in [-0.3, -0.25) is 28.8 Å². The molecular formula is C38H58N6O9. The number of benzene rings is 1. The molecule has 1 aromatic rings. The molecular weight excluding hydrogens is 684 g/mol. The lowest BCUT2D eigenvalue weighted by Crippen LogP contribution is -2.58. The lowest BCUT2D eigenvalue weighted by Gasteiger charge is -2.35. The molecule has 3 N–H and O–H groups in total. The molecule has 0 spiro atoms. The zero-order valence-corrected chi connectivity index (χ0v) is 32.4. The molecule has 2 fully saturated rings. The van der Waals surface area contributed by atoms with Crippen molar-refractivity contribution in [3.63, 3.8) is 0 Å². The van der Waals surface area contributed by atoms with Crippen LogP contribution in [0.3, 0.4) is 0 Å². The van der Waals surface area contributed by atoms with Crippen molar-refractivity contribution in [1.82, 2.24) is 30.2 Å². The highest BCUT2D eigenvalue weighted by atomic mass is 16.5. The first-order valence-corrected chi connectivity index (χ1v) is 18.5. The first-order chi connectivity index (χ1) is 25.0. The van der Waals surface area contributed by atoms with Crippen LogP contribution in [0.4, 0.5) is 0 Å². The maximum atomic E-state index is 14.0. The van der Waals surface area contributed by atoms with Crippen LogP contribution in [0.5, 0.6) is 0 Å². The third-order valence-electron chi connectivity index (χ3n) is 10.1. The number of likely N-dealkylation sites (N-methyl/N-ethyl adjacent to an activating group) is 2. The number of aliphatic hydroxyl groups is 1. The molecule has 2 aliphatic rings. The van der Waals surface area contributed by atoms with Gasteiger partial charge < -0.3 is 40.1 Å². The molecule has 6 unspecified atom stereocenters. The first kappa shape index (κ1) is 42.9. The molecule has 0 radical (unpaired) electrons. The molecule has 0 aromatic heterocycles. The molecule has 2 saturated heterocycles. The second kappa shape index (κ2) is 19.5. The second-order valence-corrected chi connectivity index (χ2v) is 14.8. The van der Waals surface area contributed by atoms with Crippen molar-refractivity contribution in [2.45, 2.75) is 109 Å². The average molecular weight is 743 g/mol. The number of rotatable bonds is 16. The fourth-order valence-electron chi connectivity index (χ4n) is 6.89. The number of amides is 6. The predicted octanol–water partition coefficient (Wildman–Crippen LogP) is 0.722. The van der Waals surface area contributed by atoms with Gasteiger partial charge >= 0.3 is 5.97 Å². The van der Waals surface area contributed by atoms with Crippen LogP contribution in [0.15, 0.2) is 30.3 Å². The Morgan fingerprint density at radius 1 is 0.849 bits per heavy atom. The Hall–Kier alpha value is -4.53. The summed E-state index contributed by atoms with van der Waals surface area (Å²) in [4.78, 5) is 98.7. The zero-order valence-electron chi connectivity index (χ0n) is 32.4. The van der Waals surface area contributed by atoms with E-state index in [1.165, 1.54) is 47.7 Å². The molecule has 53 heavy (non-hydrogen) atoms. The van der Waals surface area contributed by atoms with E-state index >= 15 is 0 Å². The number of hydrogen-bond acceptors (Lipinski definition) is 9. The summed E-state index contributed by atoms with van der Waals surface area (Å²) in [7, 11) is 4.21. The lowest BCUT2D eigenvalue weighted by molar-refractivity contribution is -0.154. The van der Waals surface area contributed by atoms with E-state index in [-0.39, 0.29) is 24.7 Å². The highest BCUT2D eigenvalue weighted by Gasteiger charge is 2.41. The molecule has 0 bridgehead atoms. The summed E-state index contributed by atoms with van der Waals surface area (Å²) in [6.45, 7) is 8.95. The van der Waals surface area contributed by atoms with E-state index in [4.69, 9.17) is 4.74 Å². The summed E-state index contributed by atoms with van der Waals surface area (Å²) in [5.74, 6) is -3.98. The van der Waals surface area contributed by atoms with E-state index in [2.05, 4.69) is 10.6 Å². The van der Waals surface area contributed by atoms with Crippen LogP contribution in [-0.2, 0) is 44.7 Å². The predicted molar refractivity (Wildman–Crippen MR) is 196 cm³/mol. The largest absolute Gasteiger partial charge is 0.467 e. The van der Waals surface area contributed by atoms with Gasteiger partial charge in [-0.25, -0.2) is 4.79 Å². The molecule has 15 heteroatoms. The number of carbonyl (C=O) groups excluding carboxylic acids is 7. The minimum atomic E-state index is -1.24. The molecule has 0 saturated carbocycles. The van der Waals surface area contributed by atoms with Gasteiger partial charge in [0.25, 0.3) is 5.91 Å². The van der Waals surface area contributed by atoms with Gasteiger partial charge in [-0.1, -0.05) is 58.0 Å². The Labute approximate surface area is 312 Å². The SMILES string of the molecule is COC(=O)C1CCCN1C(=O)C(Cc1ccccc1)N(C)C(=O)C(C)NC(=O)C(CC(C)C)N(C)C(=O)CNC(=O)C1CCCN1C(=O)C(O)C(C)C. The van der Waals surface area contributed by atoms with Gasteiger partial charge in [0, 0.05) is 33.6 Å². The monoisotopic (exact) mass is 742 g/mol. The van der Waals surface area contributed by atoms with Gasteiger partial charge in [-0.2, -0.15) is 0 Å². The van der Waals surface area contributed by atoms with Crippen LogP contribution in [0.1, 0.15) is 72.3 Å². The summed E-state index contributed by atoms with van der Waals surface area (Å²) in [6.07, 6.45) is 1.24. The Morgan fingerprint density at radius 3 is 2.00 bits per heavy atom. The Bertz CT molecular complexity index is 1470. The van der Waals surface area contributed by atoms with Crippen LogP contribution in [0.2, 0.25) is 0 Å². The summed E-state index contributed by atoms with van der Waals surface area (Å²) in [6, 6.07) is 4.57. The molecule has 2 aliphatic heterocycles. The maximum Gasteiger partial charge on any atom is 0.328 e. The molecule has 15 nitrogen and oxygen atoms in total. The van der Waals surface area contributed by atoms with Crippen molar-refractivity contribution in [1.29, 1.82) is 0 Å². The number of carbonyl (C=O) groups is 7. The fraction of sp³-hybridized carbons (Fsp3) is 0.658. The Morgan fingerprint density at radius 2 is 1.43 bits per heavy atom. The van der Waals surface area contributed by atoms with Crippen LogP contribution in [0.25, 0.3) is 0 Å². The minimum Gasteiger partial charge on any atom is -0.467 e. The van der Waals surface area contributed by atoms with Crippen molar-refractivity contribution in [2.24, 2.45) is 11.8 Å². The molecule has 1 aromatic carbocycles. The lowest BCUT2D eigenvalue weighted by atomic mass is 10.0. The standard InChI is InChI=1S/C38H58N6O9/c1-23(2)20-29(41(6)31(45)22-39-33(47)27-16-12-18-43(27)37(51)32(46)24(3)4)34(48)40-25(5)35(49)42(7)30(21-26-14-10-9-11-15-26)36(50)44-19-13-17-28(44)38(52)53-8/h9-11,14-15,23-25,27-30,32,46H,12-13,16-22H2,1-8H3,(H,39,47)(H,40,48). The number of nitrogens with one attached hydrogen (secondary N) is 2. The van der Waals surface area contributed by atoms with Gasteiger partial charge in [-0.05, 0) is 56.4 Å². The number of methoxy groups -OCH3 is 1. The van der Waals surface area contributed by atoms with Gasteiger partial charge in [-0.15, -0.1) is 0 Å². The van der Waals surface area contributed by atoms with E-state index in [1.807, 2.05) is 44.2 Å². The Kier molecular flexibility index (Phi) is 15.8. The van der Waals surface area contributed by atoms with Gasteiger partial charge in [0.2, 0.25) is 29.5 Å². The summed E-state index contributed by atoms with van der Waals surface area (Å²) in [5, 5.41) is 15.6. The van der Waals surface area contributed by atoms with Crippen molar-refractivity contribution < 1.29 is 43.4 Å². The third-order valence-corrected chi connectivity index (χ3v) is 10.1. The number of hydrogen-bond donors (Lipinski definition) is 3. The van der Waals surface area contributed by atoms with E-state index in [9.17, 15) is 38.7 Å². The third kappa shape index (κ3) is 11.0. The maximum absolute atomic E-state index is 14.0. The van der Waals surface area contributed by atoms with Gasteiger partial charge in [0.15, 0.2) is 0 Å². The van der Waals surface area contributed by atoms with Crippen molar-refractivity contribution in [3.8, 4) is 0 Å². The normalized spacial score (nSPS) is 19.3. The van der Waals surface area contributed by atoms with Crippen LogP contribution in [-0.4, -0.2) is 143 Å². The van der Waals surface area contributed by atoms with Gasteiger partial charge in [0.05, 0.1) is 13.7 Å². The first-order valence-electron chi connectivity index (χ1n) is 18.5. The van der Waals surface area contributed by atoms with Crippen LogP contribution >= 0.6 is 0 Å². The number of aliphatic hydroxyl groups excluding tert-OH is 1. The molecule has 3 rings (SSSR count). The Balaban J connectivity index is 1.71. The van der Waals surface area contributed by atoms with Crippen LogP contribution < -0.4 is 10.6 Å². The van der Waals surface area contributed by atoms with E-state index in [1.54, 1.807) is 13.8 Å². The highest BCUT2D eigenvalue weighted by molar-refractivity contribution is 5.96. The fourth-order valence-corrected chi connectivity index (χ4v) is 6.89. The summed E-state index contributed by atoms with van der Waals surface area (Å²) < 4.78 is 4.93. The summed E-state index contributed by atoms with van der Waals surface area (Å²) in [5.41, 5.74) is 0.806. The van der Waals surface area contributed by atoms with Crippen LogP contribution in [0, 0.1) is 11.8 Å². The number of likely N-dealkylation sites (tertiary alicyclic amines) is 2. The van der Waals surface area contributed by atoms with Gasteiger partial charge in [0.1, 0.15) is 36.3 Å². The number of ether oxygens (including phenoxy) is 1. The number of esters is 1. The molecule has 2 heterocycles. The van der Waals surface area contributed by atoms with Crippen molar-refractivity contribution >= 4 is 41.4 Å².